The summed E-state index contributed by atoms with van der Waals surface area (Å²) in [6.45, 7) is 7.07. The molecule has 118 valence electrons. The smallest absolute Gasteiger partial charge is 0.0954 e. The molecular formula is C18H24N2OS. The highest BCUT2D eigenvalue weighted by Gasteiger charge is 2.29. The summed E-state index contributed by atoms with van der Waals surface area (Å²) >= 11 is 1.76. The SMILES string of the molecule is CC(C)c1nc(CNC[C@H]2CCO[C@@H]2c2ccccc2)cs1. The van der Waals surface area contributed by atoms with E-state index >= 15 is 0 Å². The number of ether oxygens (including phenoxy) is 1. The van der Waals surface area contributed by atoms with Crippen LogP contribution in [0.25, 0.3) is 0 Å². The number of hydrogen-bond acceptors (Lipinski definition) is 4. The lowest BCUT2D eigenvalue weighted by Crippen LogP contribution is -2.24. The van der Waals surface area contributed by atoms with Crippen LogP contribution in [0.2, 0.25) is 0 Å². The Hall–Kier alpha value is -1.23. The molecule has 0 spiro atoms. The van der Waals surface area contributed by atoms with Gasteiger partial charge in [0.2, 0.25) is 0 Å². The van der Waals surface area contributed by atoms with E-state index in [9.17, 15) is 0 Å². The van der Waals surface area contributed by atoms with E-state index in [0.717, 1.165) is 31.8 Å². The molecule has 1 N–H and O–H groups in total. The van der Waals surface area contributed by atoms with E-state index in [4.69, 9.17) is 4.74 Å². The zero-order chi connectivity index (χ0) is 15.4. The fraction of sp³-hybridized carbons (Fsp3) is 0.500. The van der Waals surface area contributed by atoms with Crippen molar-refractivity contribution in [1.29, 1.82) is 0 Å². The van der Waals surface area contributed by atoms with Gasteiger partial charge in [-0.3, -0.25) is 0 Å². The molecule has 1 aromatic heterocycles. The summed E-state index contributed by atoms with van der Waals surface area (Å²) in [5.41, 5.74) is 2.45. The van der Waals surface area contributed by atoms with E-state index in [1.807, 2.05) is 0 Å². The lowest BCUT2D eigenvalue weighted by Gasteiger charge is -2.19. The maximum atomic E-state index is 5.94. The van der Waals surface area contributed by atoms with Gasteiger partial charge in [-0.25, -0.2) is 4.98 Å². The Morgan fingerprint density at radius 3 is 2.86 bits per heavy atom. The molecular weight excluding hydrogens is 292 g/mol. The maximum absolute atomic E-state index is 5.94. The summed E-state index contributed by atoms with van der Waals surface area (Å²) in [6.07, 6.45) is 1.36. The molecule has 3 rings (SSSR count). The molecule has 2 heterocycles. The zero-order valence-electron chi connectivity index (χ0n) is 13.3. The summed E-state index contributed by atoms with van der Waals surface area (Å²) in [6, 6.07) is 10.6. The lowest BCUT2D eigenvalue weighted by atomic mass is 9.95. The Bertz CT molecular complexity index is 582. The monoisotopic (exact) mass is 316 g/mol. The van der Waals surface area contributed by atoms with Gasteiger partial charge >= 0.3 is 0 Å². The molecule has 0 saturated carbocycles. The number of benzene rings is 1. The highest BCUT2D eigenvalue weighted by atomic mass is 32.1. The van der Waals surface area contributed by atoms with Gasteiger partial charge in [-0.15, -0.1) is 11.3 Å². The molecule has 2 atom stereocenters. The second kappa shape index (κ2) is 7.36. The average Bonchev–Trinajstić information content (AvgIpc) is 3.17. The summed E-state index contributed by atoms with van der Waals surface area (Å²) < 4.78 is 5.94. The van der Waals surface area contributed by atoms with Crippen molar-refractivity contribution in [3.05, 3.63) is 52.0 Å². The van der Waals surface area contributed by atoms with Gasteiger partial charge in [0.25, 0.3) is 0 Å². The fourth-order valence-electron chi connectivity index (χ4n) is 2.91. The van der Waals surface area contributed by atoms with E-state index in [0.29, 0.717) is 11.8 Å². The number of thiazole rings is 1. The van der Waals surface area contributed by atoms with E-state index in [1.54, 1.807) is 11.3 Å². The molecule has 1 fully saturated rings. The van der Waals surface area contributed by atoms with Crippen LogP contribution in [-0.4, -0.2) is 18.1 Å². The number of aromatic nitrogens is 1. The second-order valence-corrected chi connectivity index (χ2v) is 7.10. The molecule has 0 aliphatic carbocycles. The Labute approximate surface area is 136 Å². The zero-order valence-corrected chi connectivity index (χ0v) is 14.1. The van der Waals surface area contributed by atoms with Gasteiger partial charge in [-0.1, -0.05) is 44.2 Å². The van der Waals surface area contributed by atoms with Crippen molar-refractivity contribution >= 4 is 11.3 Å². The molecule has 1 aromatic carbocycles. The molecule has 0 unspecified atom stereocenters. The molecule has 0 amide bonds. The quantitative estimate of drug-likeness (QED) is 0.870. The van der Waals surface area contributed by atoms with Crippen molar-refractivity contribution in [2.24, 2.45) is 5.92 Å². The predicted molar refractivity (Wildman–Crippen MR) is 91.2 cm³/mol. The first-order valence-electron chi connectivity index (χ1n) is 8.05. The van der Waals surface area contributed by atoms with Crippen molar-refractivity contribution in [3.8, 4) is 0 Å². The minimum absolute atomic E-state index is 0.232. The maximum Gasteiger partial charge on any atom is 0.0954 e. The van der Waals surface area contributed by atoms with Gasteiger partial charge < -0.3 is 10.1 Å². The Morgan fingerprint density at radius 2 is 2.14 bits per heavy atom. The molecule has 3 nitrogen and oxygen atoms in total. The Kier molecular flexibility index (Phi) is 5.24. The van der Waals surface area contributed by atoms with Crippen LogP contribution in [0.4, 0.5) is 0 Å². The highest BCUT2D eigenvalue weighted by Crippen LogP contribution is 2.33. The van der Waals surface area contributed by atoms with Crippen LogP contribution in [0.5, 0.6) is 0 Å². The normalized spacial score (nSPS) is 21.6. The molecule has 1 saturated heterocycles. The van der Waals surface area contributed by atoms with Gasteiger partial charge in [0.05, 0.1) is 16.8 Å². The van der Waals surface area contributed by atoms with E-state index < -0.39 is 0 Å². The Balaban J connectivity index is 1.52. The highest BCUT2D eigenvalue weighted by molar-refractivity contribution is 7.09. The van der Waals surface area contributed by atoms with Crippen LogP contribution in [0.15, 0.2) is 35.7 Å². The van der Waals surface area contributed by atoms with Gasteiger partial charge in [-0.2, -0.15) is 0 Å². The van der Waals surface area contributed by atoms with E-state index in [1.165, 1.54) is 10.6 Å². The van der Waals surface area contributed by atoms with E-state index in [2.05, 4.69) is 59.9 Å². The fourth-order valence-corrected chi connectivity index (χ4v) is 3.74. The average molecular weight is 316 g/mol. The largest absolute Gasteiger partial charge is 0.373 e. The van der Waals surface area contributed by atoms with Gasteiger partial charge in [0, 0.05) is 36.9 Å². The first kappa shape index (κ1) is 15.7. The third-order valence-electron chi connectivity index (χ3n) is 4.12. The number of hydrogen-bond donors (Lipinski definition) is 1. The van der Waals surface area contributed by atoms with Crippen LogP contribution in [0, 0.1) is 5.92 Å². The van der Waals surface area contributed by atoms with Crippen molar-refractivity contribution in [2.45, 2.75) is 38.8 Å². The van der Waals surface area contributed by atoms with Gasteiger partial charge in [-0.05, 0) is 12.0 Å². The summed E-state index contributed by atoms with van der Waals surface area (Å²) in [5.74, 6) is 1.06. The number of rotatable bonds is 6. The summed E-state index contributed by atoms with van der Waals surface area (Å²) in [7, 11) is 0. The van der Waals surface area contributed by atoms with Crippen LogP contribution in [0.3, 0.4) is 0 Å². The number of nitrogens with one attached hydrogen (secondary N) is 1. The minimum Gasteiger partial charge on any atom is -0.373 e. The molecule has 1 aliphatic heterocycles. The summed E-state index contributed by atoms with van der Waals surface area (Å²) in [4.78, 5) is 4.68. The summed E-state index contributed by atoms with van der Waals surface area (Å²) in [5, 5.41) is 6.95. The van der Waals surface area contributed by atoms with Crippen LogP contribution in [0.1, 0.15) is 48.6 Å². The second-order valence-electron chi connectivity index (χ2n) is 6.21. The standard InChI is InChI=1S/C18H24N2OS/c1-13(2)18-20-16(12-22-18)11-19-10-15-8-9-21-17(15)14-6-4-3-5-7-14/h3-7,12-13,15,17,19H,8-11H2,1-2H3/t15-,17-/m1/s1. The molecule has 0 radical (unpaired) electrons. The first-order chi connectivity index (χ1) is 10.7. The van der Waals surface area contributed by atoms with Gasteiger partial charge in [0.15, 0.2) is 0 Å². The molecule has 2 aromatic rings. The van der Waals surface area contributed by atoms with Gasteiger partial charge in [0.1, 0.15) is 0 Å². The van der Waals surface area contributed by atoms with Crippen LogP contribution < -0.4 is 5.32 Å². The third-order valence-corrected chi connectivity index (χ3v) is 5.31. The minimum atomic E-state index is 0.232. The molecule has 1 aliphatic rings. The molecule has 0 bridgehead atoms. The Morgan fingerprint density at radius 1 is 1.32 bits per heavy atom. The topological polar surface area (TPSA) is 34.2 Å². The first-order valence-corrected chi connectivity index (χ1v) is 8.93. The predicted octanol–water partition coefficient (Wildman–Crippen LogP) is 4.13. The van der Waals surface area contributed by atoms with E-state index in [-0.39, 0.29) is 6.10 Å². The number of nitrogens with zero attached hydrogens (tertiary/aromatic N) is 1. The van der Waals surface area contributed by atoms with Crippen LogP contribution >= 0.6 is 11.3 Å². The van der Waals surface area contributed by atoms with Crippen molar-refractivity contribution in [3.63, 3.8) is 0 Å². The van der Waals surface area contributed by atoms with Crippen molar-refractivity contribution in [1.82, 2.24) is 10.3 Å². The van der Waals surface area contributed by atoms with Crippen molar-refractivity contribution < 1.29 is 4.74 Å². The lowest BCUT2D eigenvalue weighted by molar-refractivity contribution is 0.0904. The van der Waals surface area contributed by atoms with Crippen molar-refractivity contribution in [2.75, 3.05) is 13.2 Å². The van der Waals surface area contributed by atoms with Crippen LogP contribution in [-0.2, 0) is 11.3 Å². The third kappa shape index (κ3) is 3.75. The molecule has 4 heteroatoms. The molecule has 22 heavy (non-hydrogen) atoms.